The molecule has 0 aliphatic heterocycles. The smallest absolute Gasteiger partial charge is 0.148 e. The first-order valence-corrected chi connectivity index (χ1v) is 7.29. The Balaban J connectivity index is 1.92. The fraction of sp³-hybridized carbons (Fsp3) is 0.643. The van der Waals surface area contributed by atoms with Crippen molar-refractivity contribution in [2.45, 2.75) is 44.2 Å². The first-order chi connectivity index (χ1) is 10.1. The average Bonchev–Trinajstić information content (AvgIpc) is 3.05. The Bertz CT molecular complexity index is 619. The number of rotatable bonds is 3. The summed E-state index contributed by atoms with van der Waals surface area (Å²) in [6.45, 7) is 1.92. The van der Waals surface area contributed by atoms with Crippen molar-refractivity contribution < 1.29 is 4.74 Å². The van der Waals surface area contributed by atoms with Gasteiger partial charge in [-0.15, -0.1) is 0 Å². The summed E-state index contributed by atoms with van der Waals surface area (Å²) >= 11 is 0. The maximum Gasteiger partial charge on any atom is 0.148 e. The minimum atomic E-state index is 0.0862. The maximum atomic E-state index is 6.11. The highest BCUT2D eigenvalue weighted by atomic mass is 16.5. The van der Waals surface area contributed by atoms with Crippen molar-refractivity contribution in [3.63, 3.8) is 0 Å². The summed E-state index contributed by atoms with van der Waals surface area (Å²) in [6.07, 6.45) is 6.68. The summed E-state index contributed by atoms with van der Waals surface area (Å²) in [5.41, 5.74) is 7.05. The third-order valence-corrected chi connectivity index (χ3v) is 4.18. The van der Waals surface area contributed by atoms with Crippen molar-refractivity contribution in [2.75, 3.05) is 7.11 Å². The molecule has 0 amide bonds. The van der Waals surface area contributed by atoms with Gasteiger partial charge in [-0.1, -0.05) is 0 Å². The van der Waals surface area contributed by atoms with Gasteiger partial charge in [-0.25, -0.2) is 9.67 Å². The Morgan fingerprint density at radius 2 is 2.19 bits per heavy atom. The fourth-order valence-electron chi connectivity index (χ4n) is 3.06. The van der Waals surface area contributed by atoms with Crippen LogP contribution in [0.2, 0.25) is 0 Å². The van der Waals surface area contributed by atoms with Crippen molar-refractivity contribution in [1.29, 1.82) is 0 Å². The van der Waals surface area contributed by atoms with Gasteiger partial charge in [0.25, 0.3) is 0 Å². The molecule has 0 unspecified atom stereocenters. The normalized spacial score (nSPS) is 26.2. The number of hydrogen-bond acceptors (Lipinski definition) is 5. The lowest BCUT2D eigenvalue weighted by atomic mass is 9.83. The third kappa shape index (κ3) is 2.71. The number of aromatic nitrogens is 5. The van der Waals surface area contributed by atoms with Gasteiger partial charge in [-0.3, -0.25) is 4.68 Å². The van der Waals surface area contributed by atoms with Crippen molar-refractivity contribution in [2.24, 2.45) is 12.8 Å². The van der Waals surface area contributed by atoms with E-state index >= 15 is 0 Å². The van der Waals surface area contributed by atoms with Crippen LogP contribution in [0, 0.1) is 6.92 Å². The number of nitrogens with zero attached hydrogens (tertiary/aromatic N) is 5. The van der Waals surface area contributed by atoms with Crippen molar-refractivity contribution in [3.05, 3.63) is 24.0 Å². The van der Waals surface area contributed by atoms with Gasteiger partial charge < -0.3 is 10.5 Å². The van der Waals surface area contributed by atoms with Gasteiger partial charge in [0.1, 0.15) is 17.3 Å². The van der Waals surface area contributed by atoms with E-state index in [1.807, 2.05) is 24.9 Å². The molecule has 3 atom stereocenters. The lowest BCUT2D eigenvalue weighted by molar-refractivity contribution is 0.0459. The van der Waals surface area contributed by atoms with E-state index in [1.165, 1.54) is 0 Å². The monoisotopic (exact) mass is 290 g/mol. The third-order valence-electron chi connectivity index (χ3n) is 4.18. The molecular weight excluding hydrogens is 268 g/mol. The molecule has 0 bridgehead atoms. The summed E-state index contributed by atoms with van der Waals surface area (Å²) in [7, 11) is 3.62. The molecule has 7 nitrogen and oxygen atoms in total. The zero-order chi connectivity index (χ0) is 15.0. The summed E-state index contributed by atoms with van der Waals surface area (Å²) < 4.78 is 9.18. The van der Waals surface area contributed by atoms with Gasteiger partial charge in [-0.05, 0) is 26.2 Å². The molecule has 2 heterocycles. The molecule has 2 N–H and O–H groups in total. The van der Waals surface area contributed by atoms with Crippen molar-refractivity contribution >= 4 is 0 Å². The van der Waals surface area contributed by atoms with Crippen LogP contribution in [0.4, 0.5) is 0 Å². The van der Waals surface area contributed by atoms with Crippen molar-refractivity contribution in [3.8, 4) is 5.69 Å². The topological polar surface area (TPSA) is 83.8 Å². The number of ether oxygens (including phenoxy) is 1. The molecule has 0 aromatic carbocycles. The predicted molar refractivity (Wildman–Crippen MR) is 78.2 cm³/mol. The minimum Gasteiger partial charge on any atom is -0.380 e. The van der Waals surface area contributed by atoms with E-state index in [-0.39, 0.29) is 12.1 Å². The molecule has 21 heavy (non-hydrogen) atoms. The van der Waals surface area contributed by atoms with Crippen LogP contribution in [-0.2, 0) is 11.8 Å². The molecule has 1 aliphatic rings. The summed E-state index contributed by atoms with van der Waals surface area (Å²) in [5.74, 6) is 2.07. The Kier molecular flexibility index (Phi) is 3.77. The Labute approximate surface area is 124 Å². The Morgan fingerprint density at radius 1 is 1.38 bits per heavy atom. The van der Waals surface area contributed by atoms with E-state index < -0.39 is 0 Å². The van der Waals surface area contributed by atoms with Crippen LogP contribution >= 0.6 is 0 Å². The molecule has 2 aromatic rings. The highest BCUT2D eigenvalue weighted by Crippen LogP contribution is 2.33. The van der Waals surface area contributed by atoms with Gasteiger partial charge in [0.15, 0.2) is 0 Å². The summed E-state index contributed by atoms with van der Waals surface area (Å²) in [6, 6.07) is 0.113. The van der Waals surface area contributed by atoms with Crippen LogP contribution in [0.25, 0.3) is 5.69 Å². The highest BCUT2D eigenvalue weighted by Gasteiger charge is 2.32. The second-order valence-electron chi connectivity index (χ2n) is 5.75. The van der Waals surface area contributed by atoms with E-state index in [1.54, 1.807) is 18.0 Å². The second-order valence-corrected chi connectivity index (χ2v) is 5.75. The molecule has 1 saturated carbocycles. The molecule has 0 spiro atoms. The van der Waals surface area contributed by atoms with E-state index in [0.29, 0.717) is 5.92 Å². The zero-order valence-corrected chi connectivity index (χ0v) is 12.7. The van der Waals surface area contributed by atoms with E-state index in [0.717, 1.165) is 36.6 Å². The predicted octanol–water partition coefficient (Wildman–Crippen LogP) is 0.919. The molecular formula is C14H22N6O. The number of nitrogens with two attached hydrogens (primary N) is 1. The van der Waals surface area contributed by atoms with Crippen LogP contribution in [0.5, 0.6) is 0 Å². The standard InChI is InChI=1S/C14H22N6O/c1-9-17-14(10-4-5-12(15)13(6-10)21-3)20(18-9)11-7-16-19(2)8-11/h7-8,10,12-13H,4-6,15H2,1-3H3/t10-,12+,13+/m0/s1. The largest absolute Gasteiger partial charge is 0.380 e. The first kappa shape index (κ1) is 14.2. The molecule has 1 fully saturated rings. The summed E-state index contributed by atoms with van der Waals surface area (Å²) in [5, 5.41) is 8.73. The molecule has 1 aliphatic carbocycles. The van der Waals surface area contributed by atoms with E-state index in [2.05, 4.69) is 15.2 Å². The SMILES string of the molecule is CO[C@@H]1C[C@@H](c2nc(C)nn2-c2cnn(C)c2)CC[C@H]1N. The Morgan fingerprint density at radius 3 is 2.86 bits per heavy atom. The molecule has 7 heteroatoms. The molecule has 114 valence electrons. The van der Waals surface area contributed by atoms with Crippen LogP contribution in [-0.4, -0.2) is 43.8 Å². The quantitative estimate of drug-likeness (QED) is 0.908. The van der Waals surface area contributed by atoms with Gasteiger partial charge in [0.05, 0.1) is 18.5 Å². The Hall–Kier alpha value is -1.73. The molecule has 0 radical (unpaired) electrons. The molecule has 0 saturated heterocycles. The number of hydrogen-bond donors (Lipinski definition) is 1. The highest BCUT2D eigenvalue weighted by molar-refractivity contribution is 5.27. The summed E-state index contributed by atoms with van der Waals surface area (Å²) in [4.78, 5) is 4.63. The van der Waals surface area contributed by atoms with Crippen LogP contribution in [0.1, 0.15) is 36.8 Å². The van der Waals surface area contributed by atoms with Gasteiger partial charge in [0.2, 0.25) is 0 Å². The fourth-order valence-corrected chi connectivity index (χ4v) is 3.06. The lowest BCUT2D eigenvalue weighted by Gasteiger charge is -2.32. The lowest BCUT2D eigenvalue weighted by Crippen LogP contribution is -2.41. The maximum absolute atomic E-state index is 6.11. The van der Waals surface area contributed by atoms with E-state index in [9.17, 15) is 0 Å². The van der Waals surface area contributed by atoms with Gasteiger partial charge in [0, 0.05) is 26.1 Å². The van der Waals surface area contributed by atoms with E-state index in [4.69, 9.17) is 10.5 Å². The minimum absolute atomic E-state index is 0.0862. The van der Waals surface area contributed by atoms with Gasteiger partial charge in [-0.2, -0.15) is 10.2 Å². The molecule has 2 aromatic heterocycles. The average molecular weight is 290 g/mol. The number of methoxy groups -OCH3 is 1. The molecule has 3 rings (SSSR count). The zero-order valence-electron chi connectivity index (χ0n) is 12.7. The van der Waals surface area contributed by atoms with Crippen LogP contribution in [0.3, 0.4) is 0 Å². The first-order valence-electron chi connectivity index (χ1n) is 7.29. The van der Waals surface area contributed by atoms with Crippen LogP contribution < -0.4 is 5.73 Å². The number of aryl methyl sites for hydroxylation is 2. The van der Waals surface area contributed by atoms with Crippen molar-refractivity contribution in [1.82, 2.24) is 24.5 Å². The van der Waals surface area contributed by atoms with Gasteiger partial charge >= 0.3 is 0 Å². The van der Waals surface area contributed by atoms with Crippen LogP contribution in [0.15, 0.2) is 12.4 Å². The second kappa shape index (κ2) is 5.57.